The van der Waals surface area contributed by atoms with Crippen LogP contribution in [0.25, 0.3) is 0 Å². The molecule has 0 aliphatic heterocycles. The highest BCUT2D eigenvalue weighted by Crippen LogP contribution is 2.45. The van der Waals surface area contributed by atoms with Crippen LogP contribution in [0.3, 0.4) is 0 Å². The molecule has 16 nitrogen and oxygen atoms in total. The third-order valence-corrected chi connectivity index (χ3v) is 18.3. The van der Waals surface area contributed by atoms with Crippen molar-refractivity contribution in [3.8, 4) is 0 Å². The molecule has 105 heavy (non-hydrogen) atoms. The standard InChI is InChI=1S/C87H144O16P2/c1-4-7-10-13-16-19-22-25-28-31-33-35-37-39-40-42-44-45-47-50-52-55-58-61-64-67-70-73-85(90)97-76-82(88)77-99-104(93,94)100-78-83(89)79-101-105(95,96)102-81-84(103-87(92)75-72-69-66-63-60-57-54-49-30-27-24-21-18-15-12-9-6-3)80-98-86(91)74-71-68-65-62-59-56-53-51-48-46-43-41-38-36-34-32-29-26-23-20-17-14-11-8-5-2/h7-12,16-21,25-30,33-36,39-41,43,48,51,82-84,88-89H,4-6,13-15,22-24,31-32,37-38,42,44-47,49-50,52-81H2,1-3H3,(H,93,94)(H,95,96)/b10-7-,11-8-,12-9-,19-16-,20-17-,21-18-,28-25-,29-26-,30-27-,35-33-,36-34-,40-39-,43-41-,51-48-. The Hall–Kier alpha value is -5.09. The molecule has 0 saturated carbocycles. The number of esters is 3. The van der Waals surface area contributed by atoms with Gasteiger partial charge in [0.25, 0.3) is 0 Å². The van der Waals surface area contributed by atoms with E-state index < -0.39 is 91.5 Å². The highest BCUT2D eigenvalue weighted by molar-refractivity contribution is 7.47. The Bertz CT molecular complexity index is 2590. The van der Waals surface area contributed by atoms with E-state index in [0.29, 0.717) is 19.3 Å². The third kappa shape index (κ3) is 79.8. The molecule has 0 aliphatic rings. The maximum absolute atomic E-state index is 13.0. The van der Waals surface area contributed by atoms with Crippen LogP contribution in [0.4, 0.5) is 0 Å². The summed E-state index contributed by atoms with van der Waals surface area (Å²) in [6.45, 7) is 2.31. The van der Waals surface area contributed by atoms with Gasteiger partial charge in [0.1, 0.15) is 25.4 Å². The number of unbranched alkanes of at least 4 members (excludes halogenated alkanes) is 24. The Morgan fingerprint density at radius 2 is 0.476 bits per heavy atom. The molecule has 0 rings (SSSR count). The van der Waals surface area contributed by atoms with Crippen LogP contribution in [0.5, 0.6) is 0 Å². The lowest BCUT2D eigenvalue weighted by atomic mass is 10.0. The smallest absolute Gasteiger partial charge is 0.463 e. The SMILES string of the molecule is CC/C=C\C/C=C\C/C=C\C/C=C\C/C=C\C/C=C\CCCCCCCCC(=O)OCC(COP(=O)(O)OCC(O)COP(=O)(O)OCC(O)COC(=O)CCCCCCCCCCCCC/C=C\C/C=C\C/C=C\C/C=C\C/C=C\CC)OC(=O)CCCCCCCCC/C=C\C/C=C\C/C=C\CC. The molecule has 0 bridgehead atoms. The second-order valence-corrected chi connectivity index (χ2v) is 29.3. The Kier molecular flexibility index (Phi) is 74.7. The molecule has 0 amide bonds. The number of phosphoric ester groups is 2. The zero-order chi connectivity index (χ0) is 76.6. The van der Waals surface area contributed by atoms with E-state index in [0.717, 1.165) is 199 Å². The lowest BCUT2D eigenvalue weighted by Crippen LogP contribution is -2.30. The van der Waals surface area contributed by atoms with Crippen molar-refractivity contribution in [3.63, 3.8) is 0 Å². The van der Waals surface area contributed by atoms with E-state index in [9.17, 15) is 43.5 Å². The van der Waals surface area contributed by atoms with Crippen molar-refractivity contribution in [2.24, 2.45) is 0 Å². The van der Waals surface area contributed by atoms with Crippen molar-refractivity contribution < 1.29 is 75.8 Å². The zero-order valence-corrected chi connectivity index (χ0v) is 67.1. The van der Waals surface area contributed by atoms with Gasteiger partial charge in [-0.2, -0.15) is 0 Å². The number of aliphatic hydroxyl groups excluding tert-OH is 2. The van der Waals surface area contributed by atoms with E-state index in [1.807, 2.05) is 0 Å². The summed E-state index contributed by atoms with van der Waals surface area (Å²) >= 11 is 0. The molecule has 0 heterocycles. The van der Waals surface area contributed by atoms with Crippen molar-refractivity contribution in [1.29, 1.82) is 0 Å². The summed E-state index contributed by atoms with van der Waals surface area (Å²) in [4.78, 5) is 58.8. The Labute approximate surface area is 637 Å². The van der Waals surface area contributed by atoms with Crippen LogP contribution in [0.1, 0.15) is 303 Å². The van der Waals surface area contributed by atoms with E-state index in [4.69, 9.17) is 32.3 Å². The maximum atomic E-state index is 13.0. The molecule has 0 spiro atoms. The topological polar surface area (TPSA) is 231 Å². The lowest BCUT2D eigenvalue weighted by molar-refractivity contribution is -0.161. The molecule has 4 N–H and O–H groups in total. The van der Waals surface area contributed by atoms with E-state index in [-0.39, 0.29) is 19.3 Å². The molecule has 598 valence electrons. The van der Waals surface area contributed by atoms with Gasteiger partial charge in [0, 0.05) is 19.3 Å². The van der Waals surface area contributed by atoms with Crippen LogP contribution >= 0.6 is 15.6 Å². The van der Waals surface area contributed by atoms with Crippen LogP contribution in [-0.4, -0.2) is 95.9 Å². The lowest BCUT2D eigenvalue weighted by Gasteiger charge is -2.21. The third-order valence-electron chi connectivity index (χ3n) is 16.4. The molecule has 0 aromatic rings. The van der Waals surface area contributed by atoms with Gasteiger partial charge in [0.05, 0.1) is 26.4 Å². The van der Waals surface area contributed by atoms with Gasteiger partial charge in [-0.05, 0) is 148 Å². The van der Waals surface area contributed by atoms with Gasteiger partial charge in [-0.25, -0.2) is 9.13 Å². The fourth-order valence-corrected chi connectivity index (χ4v) is 12.0. The van der Waals surface area contributed by atoms with Crippen molar-refractivity contribution in [1.82, 2.24) is 0 Å². The van der Waals surface area contributed by atoms with Gasteiger partial charge >= 0.3 is 33.6 Å². The first-order valence-corrected chi connectivity index (χ1v) is 43.4. The minimum atomic E-state index is -4.95. The average molecular weight is 1510 g/mol. The van der Waals surface area contributed by atoms with Crippen molar-refractivity contribution in [3.05, 3.63) is 170 Å². The van der Waals surface area contributed by atoms with Crippen LogP contribution in [0.15, 0.2) is 170 Å². The fourth-order valence-electron chi connectivity index (χ4n) is 10.4. The number of rotatable bonds is 75. The predicted octanol–water partition coefficient (Wildman–Crippen LogP) is 24.0. The number of ether oxygens (including phenoxy) is 3. The Balaban J connectivity index is 4.64. The Morgan fingerprint density at radius 3 is 0.752 bits per heavy atom. The first-order chi connectivity index (χ1) is 51.2. The predicted molar refractivity (Wildman–Crippen MR) is 435 cm³/mol. The summed E-state index contributed by atoms with van der Waals surface area (Å²) in [7, 11) is -9.81. The van der Waals surface area contributed by atoms with Crippen LogP contribution in [0, 0.1) is 0 Å². The number of carbonyl (C=O) groups is 3. The summed E-state index contributed by atoms with van der Waals surface area (Å²) in [5.41, 5.74) is 0. The summed E-state index contributed by atoms with van der Waals surface area (Å²) in [5, 5.41) is 20.7. The van der Waals surface area contributed by atoms with Gasteiger partial charge in [0.15, 0.2) is 6.10 Å². The second kappa shape index (κ2) is 78.5. The minimum absolute atomic E-state index is 0.0840. The van der Waals surface area contributed by atoms with Crippen molar-refractivity contribution in [2.45, 2.75) is 322 Å². The molecule has 0 aliphatic carbocycles. The number of phosphoric acid groups is 2. The van der Waals surface area contributed by atoms with Gasteiger partial charge < -0.3 is 34.2 Å². The van der Waals surface area contributed by atoms with Gasteiger partial charge in [-0.1, -0.05) is 306 Å². The monoisotopic (exact) mass is 1510 g/mol. The van der Waals surface area contributed by atoms with E-state index in [1.54, 1.807) is 0 Å². The molecule has 0 aromatic carbocycles. The zero-order valence-electron chi connectivity index (χ0n) is 65.3. The molecular formula is C87H144O16P2. The number of allylic oxidation sites excluding steroid dienone is 28. The summed E-state index contributed by atoms with van der Waals surface area (Å²) in [6.07, 6.45) is 99.6. The first kappa shape index (κ1) is 99.9. The molecule has 0 radical (unpaired) electrons. The summed E-state index contributed by atoms with van der Waals surface area (Å²) < 4.78 is 61.2. The number of aliphatic hydroxyl groups is 2. The minimum Gasteiger partial charge on any atom is -0.463 e. The Morgan fingerprint density at radius 1 is 0.267 bits per heavy atom. The summed E-state index contributed by atoms with van der Waals surface area (Å²) in [6, 6.07) is 0. The molecule has 0 aromatic heterocycles. The fraction of sp³-hybridized carbons (Fsp3) is 0.644. The van der Waals surface area contributed by atoms with E-state index in [1.165, 1.54) is 44.9 Å². The van der Waals surface area contributed by atoms with Gasteiger partial charge in [0.2, 0.25) is 0 Å². The first-order valence-electron chi connectivity index (χ1n) is 40.4. The average Bonchev–Trinajstić information content (AvgIpc) is 0.919. The second-order valence-electron chi connectivity index (χ2n) is 26.4. The van der Waals surface area contributed by atoms with Crippen molar-refractivity contribution >= 4 is 33.6 Å². The normalized spacial score (nSPS) is 14.8. The largest absolute Gasteiger partial charge is 0.472 e. The molecule has 0 fully saturated rings. The van der Waals surface area contributed by atoms with Crippen LogP contribution in [0.2, 0.25) is 0 Å². The molecule has 5 unspecified atom stereocenters. The van der Waals surface area contributed by atoms with Gasteiger partial charge in [-0.15, -0.1) is 0 Å². The molecular weight excluding hydrogens is 1360 g/mol. The quantitative estimate of drug-likeness (QED) is 0.0146. The van der Waals surface area contributed by atoms with Crippen LogP contribution < -0.4 is 0 Å². The number of hydrogen-bond acceptors (Lipinski definition) is 14. The van der Waals surface area contributed by atoms with Crippen molar-refractivity contribution in [2.75, 3.05) is 39.6 Å². The van der Waals surface area contributed by atoms with Gasteiger partial charge in [-0.3, -0.25) is 32.5 Å². The molecule has 18 heteroatoms. The summed E-state index contributed by atoms with van der Waals surface area (Å²) in [5.74, 6) is -1.61. The van der Waals surface area contributed by atoms with E-state index >= 15 is 0 Å². The van der Waals surface area contributed by atoms with Crippen LogP contribution in [-0.2, 0) is 55.8 Å². The number of hydrogen-bond donors (Lipinski definition) is 4. The number of carbonyl (C=O) groups excluding carboxylic acids is 3. The highest BCUT2D eigenvalue weighted by atomic mass is 31.2. The molecule has 0 saturated heterocycles. The van der Waals surface area contributed by atoms with E-state index in [2.05, 4.69) is 191 Å². The molecule has 5 atom stereocenters. The highest BCUT2D eigenvalue weighted by Gasteiger charge is 2.29. The maximum Gasteiger partial charge on any atom is 0.472 e.